The topological polar surface area (TPSA) is 55.5 Å². The summed E-state index contributed by atoms with van der Waals surface area (Å²) in [4.78, 5) is 0. The number of rotatable bonds is 6. The Bertz CT molecular complexity index is 129. The third-order valence-corrected chi connectivity index (χ3v) is 1.33. The first kappa shape index (κ1) is 12.7. The third kappa shape index (κ3) is 9.59. The summed E-state index contributed by atoms with van der Waals surface area (Å²) in [5.74, 6) is 0. The average molecular weight is 201 g/mol. The fraction of sp³-hybridized carbons (Fsp3) is 1.00. The minimum Gasteiger partial charge on any atom is -0.389 e. The lowest BCUT2D eigenvalue weighted by Crippen LogP contribution is -2.25. The van der Waals surface area contributed by atoms with Gasteiger partial charge in [0, 0.05) is 19.6 Å². The van der Waals surface area contributed by atoms with Crippen LogP contribution in [0.4, 0.5) is 13.2 Å². The van der Waals surface area contributed by atoms with Crippen LogP contribution in [0.5, 0.6) is 0 Å². The predicted molar refractivity (Wildman–Crippen MR) is 41.2 cm³/mol. The van der Waals surface area contributed by atoms with E-state index in [9.17, 15) is 13.2 Å². The van der Waals surface area contributed by atoms with Gasteiger partial charge in [0.05, 0.1) is 12.7 Å². The molecule has 13 heavy (non-hydrogen) atoms. The van der Waals surface area contributed by atoms with E-state index < -0.39 is 18.7 Å². The van der Waals surface area contributed by atoms with E-state index >= 15 is 0 Å². The van der Waals surface area contributed by atoms with Crippen LogP contribution in [-0.2, 0) is 4.74 Å². The van der Waals surface area contributed by atoms with Crippen molar-refractivity contribution >= 4 is 0 Å². The van der Waals surface area contributed by atoms with Gasteiger partial charge in [-0.05, 0) is 6.42 Å². The molecule has 0 saturated carbocycles. The van der Waals surface area contributed by atoms with E-state index in [1.165, 1.54) is 0 Å². The highest BCUT2D eigenvalue weighted by Crippen LogP contribution is 2.20. The molecule has 0 aliphatic heterocycles. The Morgan fingerprint density at radius 2 is 2.00 bits per heavy atom. The van der Waals surface area contributed by atoms with Crippen LogP contribution in [0.15, 0.2) is 0 Å². The molecule has 6 heteroatoms. The van der Waals surface area contributed by atoms with Crippen LogP contribution in [0.3, 0.4) is 0 Å². The Morgan fingerprint density at radius 1 is 1.38 bits per heavy atom. The Labute approximate surface area is 74.7 Å². The summed E-state index contributed by atoms with van der Waals surface area (Å²) in [6.45, 7) is 0.0458. The van der Waals surface area contributed by atoms with Crippen molar-refractivity contribution < 1.29 is 23.0 Å². The Morgan fingerprint density at radius 3 is 2.46 bits per heavy atom. The highest BCUT2D eigenvalue weighted by Gasteiger charge is 2.25. The van der Waals surface area contributed by atoms with Crippen LogP contribution in [-0.4, -0.2) is 37.1 Å². The first-order valence-corrected chi connectivity index (χ1v) is 3.98. The molecule has 0 bridgehead atoms. The molecule has 0 spiro atoms. The van der Waals surface area contributed by atoms with E-state index in [1.54, 1.807) is 0 Å². The quantitative estimate of drug-likeness (QED) is 0.621. The van der Waals surface area contributed by atoms with E-state index in [2.05, 4.69) is 0 Å². The maximum absolute atomic E-state index is 11.6. The molecule has 3 nitrogen and oxygen atoms in total. The number of alkyl halides is 3. The van der Waals surface area contributed by atoms with Crippen molar-refractivity contribution in [3.63, 3.8) is 0 Å². The smallest absolute Gasteiger partial charge is 0.389 e. The van der Waals surface area contributed by atoms with Gasteiger partial charge in [0.15, 0.2) is 0 Å². The second kappa shape index (κ2) is 6.17. The van der Waals surface area contributed by atoms with Crippen molar-refractivity contribution in [3.05, 3.63) is 0 Å². The van der Waals surface area contributed by atoms with Crippen LogP contribution in [0.25, 0.3) is 0 Å². The van der Waals surface area contributed by atoms with Crippen molar-refractivity contribution in [2.75, 3.05) is 19.8 Å². The number of nitrogens with two attached hydrogens (primary N) is 1. The maximum atomic E-state index is 11.6. The second-order valence-electron chi connectivity index (χ2n) is 2.68. The van der Waals surface area contributed by atoms with E-state index in [-0.39, 0.29) is 26.2 Å². The summed E-state index contributed by atoms with van der Waals surface area (Å²) in [6.07, 6.45) is -5.85. The monoisotopic (exact) mass is 201 g/mol. The molecule has 0 aromatic rings. The lowest BCUT2D eigenvalue weighted by atomic mass is 10.3. The molecule has 3 N–H and O–H groups in total. The Kier molecular flexibility index (Phi) is 6.02. The van der Waals surface area contributed by atoms with Gasteiger partial charge in [-0.25, -0.2) is 0 Å². The molecule has 0 aliphatic carbocycles. The van der Waals surface area contributed by atoms with Gasteiger partial charge in [-0.2, -0.15) is 13.2 Å². The predicted octanol–water partition coefficient (Wildman–Crippen LogP) is 0.665. The van der Waals surface area contributed by atoms with E-state index in [4.69, 9.17) is 15.6 Å². The molecule has 0 fully saturated rings. The molecule has 0 heterocycles. The summed E-state index contributed by atoms with van der Waals surface area (Å²) in [5, 5.41) is 8.84. The van der Waals surface area contributed by atoms with Gasteiger partial charge >= 0.3 is 6.18 Å². The summed E-state index contributed by atoms with van der Waals surface area (Å²) in [7, 11) is 0. The van der Waals surface area contributed by atoms with Gasteiger partial charge in [-0.15, -0.1) is 0 Å². The summed E-state index contributed by atoms with van der Waals surface area (Å²) < 4.78 is 39.5. The minimum absolute atomic E-state index is 0.00340. The molecule has 0 aromatic heterocycles. The van der Waals surface area contributed by atoms with E-state index in [0.717, 1.165) is 0 Å². The molecule has 0 radical (unpaired) electrons. The average Bonchev–Trinajstić information content (AvgIpc) is 2.01. The van der Waals surface area contributed by atoms with Crippen LogP contribution < -0.4 is 5.73 Å². The number of hydrogen-bond acceptors (Lipinski definition) is 3. The SMILES string of the molecule is NCC(O)COCCCC(F)(F)F. The van der Waals surface area contributed by atoms with Gasteiger partial charge in [0.1, 0.15) is 0 Å². The molecule has 1 unspecified atom stereocenters. The highest BCUT2D eigenvalue weighted by atomic mass is 19.4. The van der Waals surface area contributed by atoms with Gasteiger partial charge in [0.25, 0.3) is 0 Å². The molecule has 0 aliphatic rings. The van der Waals surface area contributed by atoms with E-state index in [0.29, 0.717) is 0 Å². The standard InChI is InChI=1S/C7H14F3NO2/c8-7(9,10)2-1-3-13-5-6(12)4-11/h6,12H,1-5,11H2. The van der Waals surface area contributed by atoms with Gasteiger partial charge in [0.2, 0.25) is 0 Å². The summed E-state index contributed by atoms with van der Waals surface area (Å²) in [6, 6.07) is 0. The molecule has 1 atom stereocenters. The lowest BCUT2D eigenvalue weighted by Gasteiger charge is -2.09. The third-order valence-electron chi connectivity index (χ3n) is 1.33. The maximum Gasteiger partial charge on any atom is 0.389 e. The number of aliphatic hydroxyl groups excluding tert-OH is 1. The van der Waals surface area contributed by atoms with Crippen LogP contribution >= 0.6 is 0 Å². The number of ether oxygens (including phenoxy) is 1. The van der Waals surface area contributed by atoms with Gasteiger partial charge < -0.3 is 15.6 Å². The van der Waals surface area contributed by atoms with Crippen LogP contribution in [0.1, 0.15) is 12.8 Å². The molecule has 0 rings (SSSR count). The van der Waals surface area contributed by atoms with Crippen molar-refractivity contribution in [2.24, 2.45) is 5.73 Å². The van der Waals surface area contributed by atoms with Crippen molar-refractivity contribution in [1.29, 1.82) is 0 Å². The van der Waals surface area contributed by atoms with Crippen LogP contribution in [0.2, 0.25) is 0 Å². The van der Waals surface area contributed by atoms with E-state index in [1.807, 2.05) is 0 Å². The minimum atomic E-state index is -4.13. The zero-order valence-corrected chi connectivity index (χ0v) is 7.18. The zero-order chi connectivity index (χ0) is 10.3. The van der Waals surface area contributed by atoms with Crippen molar-refractivity contribution in [1.82, 2.24) is 0 Å². The van der Waals surface area contributed by atoms with Crippen molar-refractivity contribution in [3.8, 4) is 0 Å². The van der Waals surface area contributed by atoms with Crippen molar-refractivity contribution in [2.45, 2.75) is 25.1 Å². The lowest BCUT2D eigenvalue weighted by molar-refractivity contribution is -0.138. The number of halogens is 3. The molecular weight excluding hydrogens is 187 g/mol. The summed E-state index contributed by atoms with van der Waals surface area (Å²) >= 11 is 0. The van der Waals surface area contributed by atoms with Gasteiger partial charge in [-0.1, -0.05) is 0 Å². The first-order valence-electron chi connectivity index (χ1n) is 3.98. The zero-order valence-electron chi connectivity index (χ0n) is 7.18. The fourth-order valence-electron chi connectivity index (χ4n) is 0.662. The fourth-order valence-corrected chi connectivity index (χ4v) is 0.662. The molecule has 0 saturated heterocycles. The molecule has 80 valence electrons. The molecule has 0 aromatic carbocycles. The number of hydrogen-bond donors (Lipinski definition) is 2. The number of aliphatic hydroxyl groups is 1. The molecular formula is C7H14F3NO2. The van der Waals surface area contributed by atoms with Gasteiger partial charge in [-0.3, -0.25) is 0 Å². The highest BCUT2D eigenvalue weighted by molar-refractivity contribution is 4.53. The second-order valence-corrected chi connectivity index (χ2v) is 2.68. The Balaban J connectivity index is 3.18. The first-order chi connectivity index (χ1) is 5.95. The normalized spacial score (nSPS) is 14.5. The van der Waals surface area contributed by atoms with Crippen LogP contribution in [0, 0.1) is 0 Å². The molecule has 0 amide bonds. The summed E-state index contributed by atoms with van der Waals surface area (Å²) in [5.41, 5.74) is 5.05. The Hall–Kier alpha value is -0.330. The largest absolute Gasteiger partial charge is 0.389 e.